The van der Waals surface area contributed by atoms with E-state index < -0.39 is 11.4 Å². The molecule has 2 aliphatic rings. The highest BCUT2D eigenvalue weighted by atomic mass is 79.9. The Morgan fingerprint density at radius 1 is 1.38 bits per heavy atom. The van der Waals surface area contributed by atoms with Crippen molar-refractivity contribution in [1.82, 2.24) is 19.5 Å². The SMILES string of the molecule is O=C(Nc1nnc2ccc(Br)cn12)N1C[C@@H]2CCC[C@@]2(C(=O)O)C1. The molecule has 0 radical (unpaired) electrons. The third kappa shape index (κ3) is 2.26. The lowest BCUT2D eigenvalue weighted by Gasteiger charge is -2.23. The first kappa shape index (κ1) is 15.4. The lowest BCUT2D eigenvalue weighted by atomic mass is 9.81. The zero-order chi connectivity index (χ0) is 16.9. The van der Waals surface area contributed by atoms with Crippen molar-refractivity contribution in [2.45, 2.75) is 19.3 Å². The summed E-state index contributed by atoms with van der Waals surface area (Å²) in [4.78, 5) is 25.9. The minimum absolute atomic E-state index is 0.0324. The van der Waals surface area contributed by atoms with Gasteiger partial charge in [0.25, 0.3) is 0 Å². The highest BCUT2D eigenvalue weighted by molar-refractivity contribution is 9.10. The molecule has 2 atom stereocenters. The summed E-state index contributed by atoms with van der Waals surface area (Å²) in [5, 5.41) is 20.3. The number of fused-ring (bicyclic) bond motifs is 2. The number of likely N-dealkylation sites (tertiary alicyclic amines) is 1. The monoisotopic (exact) mass is 393 g/mol. The number of carbonyl (C=O) groups is 2. The first-order chi connectivity index (χ1) is 11.5. The van der Waals surface area contributed by atoms with E-state index >= 15 is 0 Å². The fourth-order valence-corrected chi connectivity index (χ4v) is 4.26. The predicted molar refractivity (Wildman–Crippen MR) is 88.7 cm³/mol. The summed E-state index contributed by atoms with van der Waals surface area (Å²) < 4.78 is 2.51. The number of amides is 2. The summed E-state index contributed by atoms with van der Waals surface area (Å²) in [5.74, 6) is -0.445. The summed E-state index contributed by atoms with van der Waals surface area (Å²) in [5.41, 5.74) is -0.165. The summed E-state index contributed by atoms with van der Waals surface area (Å²) in [6, 6.07) is 3.29. The zero-order valence-electron chi connectivity index (χ0n) is 12.8. The maximum absolute atomic E-state index is 12.6. The largest absolute Gasteiger partial charge is 0.481 e. The van der Waals surface area contributed by atoms with Crippen LogP contribution in [0.3, 0.4) is 0 Å². The van der Waals surface area contributed by atoms with Gasteiger partial charge in [-0.1, -0.05) is 6.42 Å². The van der Waals surface area contributed by atoms with Crippen molar-refractivity contribution in [3.63, 3.8) is 0 Å². The topological polar surface area (TPSA) is 99.8 Å². The quantitative estimate of drug-likeness (QED) is 0.814. The van der Waals surface area contributed by atoms with Crippen LogP contribution < -0.4 is 5.32 Å². The molecule has 126 valence electrons. The van der Waals surface area contributed by atoms with E-state index in [1.165, 1.54) is 0 Å². The Morgan fingerprint density at radius 3 is 2.96 bits per heavy atom. The Balaban J connectivity index is 1.55. The van der Waals surface area contributed by atoms with Gasteiger partial charge in [-0.2, -0.15) is 0 Å². The van der Waals surface area contributed by atoms with E-state index in [0.29, 0.717) is 24.6 Å². The number of aromatic nitrogens is 3. The highest BCUT2D eigenvalue weighted by Gasteiger charge is 2.55. The Morgan fingerprint density at radius 2 is 2.21 bits per heavy atom. The van der Waals surface area contributed by atoms with Gasteiger partial charge in [0.05, 0.1) is 5.41 Å². The number of hydrogen-bond acceptors (Lipinski definition) is 4. The number of carbonyl (C=O) groups excluding carboxylic acids is 1. The molecule has 0 spiro atoms. The van der Waals surface area contributed by atoms with Crippen molar-refractivity contribution in [1.29, 1.82) is 0 Å². The van der Waals surface area contributed by atoms with Gasteiger partial charge in [-0.25, -0.2) is 4.79 Å². The Labute approximate surface area is 146 Å². The second kappa shape index (κ2) is 5.44. The molecule has 1 aliphatic carbocycles. The molecule has 4 rings (SSSR count). The third-order valence-corrected chi connectivity index (χ3v) is 5.64. The van der Waals surface area contributed by atoms with Gasteiger partial charge in [0.2, 0.25) is 5.95 Å². The van der Waals surface area contributed by atoms with Gasteiger partial charge in [-0.3, -0.25) is 14.5 Å². The average Bonchev–Trinajstić information content (AvgIpc) is 3.19. The molecule has 1 saturated heterocycles. The summed E-state index contributed by atoms with van der Waals surface area (Å²) in [6.07, 6.45) is 4.17. The molecular weight excluding hydrogens is 378 g/mol. The van der Waals surface area contributed by atoms with Crippen LogP contribution >= 0.6 is 15.9 Å². The minimum atomic E-state index is -0.794. The number of rotatable bonds is 2. The number of nitrogens with zero attached hydrogens (tertiary/aromatic N) is 4. The van der Waals surface area contributed by atoms with E-state index in [9.17, 15) is 14.7 Å². The summed E-state index contributed by atoms with van der Waals surface area (Å²) in [7, 11) is 0. The van der Waals surface area contributed by atoms with Crippen LogP contribution in [0.5, 0.6) is 0 Å². The van der Waals surface area contributed by atoms with E-state index in [1.807, 2.05) is 6.07 Å². The predicted octanol–water partition coefficient (Wildman–Crippen LogP) is 2.21. The average molecular weight is 394 g/mol. The molecule has 2 fully saturated rings. The molecule has 24 heavy (non-hydrogen) atoms. The maximum Gasteiger partial charge on any atom is 0.324 e. The third-order valence-electron chi connectivity index (χ3n) is 5.17. The van der Waals surface area contributed by atoms with Crippen LogP contribution in [0.25, 0.3) is 5.65 Å². The molecule has 8 nitrogen and oxygen atoms in total. The first-order valence-electron chi connectivity index (χ1n) is 7.79. The van der Waals surface area contributed by atoms with Crippen molar-refractivity contribution in [3.05, 3.63) is 22.8 Å². The number of anilines is 1. The Bertz CT molecular complexity index is 838. The number of carboxylic acids is 1. The molecular formula is C15H16BrN5O3. The second-order valence-electron chi connectivity index (χ2n) is 6.46. The standard InChI is InChI=1S/C15H16BrN5O3/c16-10-3-4-11-18-19-13(21(11)7-10)17-14(24)20-6-9-2-1-5-15(9,8-20)12(22)23/h3-4,7,9H,1-2,5-6,8H2,(H,22,23)(H,17,19,24)/t9-,15+/m0/s1. The lowest BCUT2D eigenvalue weighted by molar-refractivity contribution is -0.149. The molecule has 9 heteroatoms. The smallest absolute Gasteiger partial charge is 0.324 e. The van der Waals surface area contributed by atoms with Gasteiger partial charge < -0.3 is 10.0 Å². The normalized spacial score (nSPS) is 25.9. The number of pyridine rings is 1. The first-order valence-corrected chi connectivity index (χ1v) is 8.58. The lowest BCUT2D eigenvalue weighted by Crippen LogP contribution is -2.39. The van der Waals surface area contributed by atoms with Crippen LogP contribution in [0.2, 0.25) is 0 Å². The van der Waals surface area contributed by atoms with Gasteiger partial charge in [-0.15, -0.1) is 10.2 Å². The number of aliphatic carboxylic acids is 1. The fourth-order valence-electron chi connectivity index (χ4n) is 3.92. The van der Waals surface area contributed by atoms with Crippen LogP contribution in [-0.4, -0.2) is 49.7 Å². The molecule has 2 aromatic rings. The molecule has 0 aromatic carbocycles. The van der Waals surface area contributed by atoms with Crippen molar-refractivity contribution in [2.24, 2.45) is 11.3 Å². The van der Waals surface area contributed by atoms with Crippen molar-refractivity contribution in [2.75, 3.05) is 18.4 Å². The Kier molecular flexibility index (Phi) is 3.48. The molecule has 0 bridgehead atoms. The number of hydrogen-bond donors (Lipinski definition) is 2. The van der Waals surface area contributed by atoms with E-state index in [4.69, 9.17) is 0 Å². The highest BCUT2D eigenvalue weighted by Crippen LogP contribution is 2.48. The maximum atomic E-state index is 12.6. The molecule has 2 aromatic heterocycles. The molecule has 2 amide bonds. The number of nitrogens with one attached hydrogen (secondary N) is 1. The molecule has 3 heterocycles. The van der Waals surface area contributed by atoms with Crippen LogP contribution in [0.4, 0.5) is 10.7 Å². The number of halogens is 1. The second-order valence-corrected chi connectivity index (χ2v) is 7.38. The van der Waals surface area contributed by atoms with Crippen LogP contribution in [0.15, 0.2) is 22.8 Å². The summed E-state index contributed by atoms with van der Waals surface area (Å²) in [6.45, 7) is 0.720. The van der Waals surface area contributed by atoms with Gasteiger partial charge in [0, 0.05) is 23.8 Å². The van der Waals surface area contributed by atoms with E-state index in [2.05, 4.69) is 31.4 Å². The molecule has 1 saturated carbocycles. The number of carboxylic acid groups (broad SMARTS) is 1. The van der Waals surface area contributed by atoms with Crippen molar-refractivity contribution < 1.29 is 14.7 Å². The van der Waals surface area contributed by atoms with Crippen molar-refractivity contribution >= 4 is 39.5 Å². The van der Waals surface area contributed by atoms with Gasteiger partial charge >= 0.3 is 12.0 Å². The Hall–Kier alpha value is -2.16. The molecule has 0 unspecified atom stereocenters. The van der Waals surface area contributed by atoms with Crippen LogP contribution in [0, 0.1) is 11.3 Å². The van der Waals surface area contributed by atoms with E-state index in [-0.39, 0.29) is 18.5 Å². The van der Waals surface area contributed by atoms with Crippen LogP contribution in [-0.2, 0) is 4.79 Å². The van der Waals surface area contributed by atoms with E-state index in [1.54, 1.807) is 21.6 Å². The van der Waals surface area contributed by atoms with Gasteiger partial charge in [-0.05, 0) is 46.8 Å². The minimum Gasteiger partial charge on any atom is -0.481 e. The summed E-state index contributed by atoms with van der Waals surface area (Å²) >= 11 is 3.37. The van der Waals surface area contributed by atoms with Crippen LogP contribution in [0.1, 0.15) is 19.3 Å². The zero-order valence-corrected chi connectivity index (χ0v) is 14.4. The fraction of sp³-hybridized carbons (Fsp3) is 0.467. The van der Waals surface area contributed by atoms with E-state index in [0.717, 1.165) is 17.3 Å². The van der Waals surface area contributed by atoms with Gasteiger partial charge in [0.1, 0.15) is 0 Å². The van der Waals surface area contributed by atoms with Crippen molar-refractivity contribution in [3.8, 4) is 0 Å². The molecule has 2 N–H and O–H groups in total. The number of urea groups is 1. The molecule has 1 aliphatic heterocycles. The van der Waals surface area contributed by atoms with Gasteiger partial charge in [0.15, 0.2) is 5.65 Å².